The van der Waals surface area contributed by atoms with Crippen molar-refractivity contribution in [3.63, 3.8) is 0 Å². The molecule has 2 aromatic carbocycles. The summed E-state index contributed by atoms with van der Waals surface area (Å²) in [5.74, 6) is -1.14. The molecule has 2 fully saturated rings. The number of hydrogen-bond acceptors (Lipinski definition) is 4. The van der Waals surface area contributed by atoms with E-state index in [9.17, 15) is 23.1 Å². The van der Waals surface area contributed by atoms with Crippen molar-refractivity contribution in [2.75, 3.05) is 39.3 Å². The molecule has 0 aliphatic carbocycles. The molecule has 0 aromatic heterocycles. The van der Waals surface area contributed by atoms with Gasteiger partial charge in [-0.05, 0) is 80.9 Å². The highest BCUT2D eigenvalue weighted by molar-refractivity contribution is 5.95. The number of nitrogens with zero attached hydrogens (tertiary/aromatic N) is 2. The van der Waals surface area contributed by atoms with E-state index >= 15 is 0 Å². The van der Waals surface area contributed by atoms with Crippen LogP contribution in [-0.4, -0.2) is 71.9 Å². The quantitative estimate of drug-likeness (QED) is 0.479. The lowest BCUT2D eigenvalue weighted by Gasteiger charge is -2.36. The molecule has 1 N–H and O–H groups in total. The van der Waals surface area contributed by atoms with Crippen LogP contribution in [0.2, 0.25) is 0 Å². The fourth-order valence-electron chi connectivity index (χ4n) is 5.17. The topological polar surface area (TPSA) is 53.0 Å². The fourth-order valence-corrected chi connectivity index (χ4v) is 5.17. The van der Waals surface area contributed by atoms with Gasteiger partial charge in [0, 0.05) is 30.8 Å². The van der Waals surface area contributed by atoms with Crippen molar-refractivity contribution >= 4 is 5.91 Å². The number of ether oxygens (including phenoxy) is 1. The zero-order chi connectivity index (χ0) is 26.6. The zero-order valence-electron chi connectivity index (χ0n) is 21.7. The van der Waals surface area contributed by atoms with Crippen LogP contribution < -0.4 is 4.74 Å². The highest BCUT2D eigenvalue weighted by Gasteiger charge is 2.30. The minimum Gasteiger partial charge on any atom is -0.490 e. The summed E-state index contributed by atoms with van der Waals surface area (Å²) in [4.78, 5) is 16.2. The van der Waals surface area contributed by atoms with Gasteiger partial charge in [-0.3, -0.25) is 4.79 Å². The molecule has 2 aliphatic heterocycles. The minimum absolute atomic E-state index is 0.116. The average molecular weight is 519 g/mol. The Morgan fingerprint density at radius 2 is 1.76 bits per heavy atom. The normalized spacial score (nSPS) is 19.4. The number of likely N-dealkylation sites (tertiary alicyclic amines) is 2. The lowest BCUT2D eigenvalue weighted by atomic mass is 9.94. The molecule has 5 nitrogen and oxygen atoms in total. The Morgan fingerprint density at radius 1 is 1.03 bits per heavy atom. The molecule has 0 radical (unpaired) electrons. The van der Waals surface area contributed by atoms with E-state index < -0.39 is 23.4 Å². The summed E-state index contributed by atoms with van der Waals surface area (Å²) in [7, 11) is 0. The first-order valence-electron chi connectivity index (χ1n) is 13.3. The van der Waals surface area contributed by atoms with E-state index in [2.05, 4.69) is 4.90 Å². The van der Waals surface area contributed by atoms with Crippen LogP contribution in [0.25, 0.3) is 11.1 Å². The van der Waals surface area contributed by atoms with E-state index in [0.717, 1.165) is 32.0 Å². The van der Waals surface area contributed by atoms with Crippen LogP contribution in [0.15, 0.2) is 36.4 Å². The van der Waals surface area contributed by atoms with Crippen LogP contribution in [0, 0.1) is 17.6 Å². The monoisotopic (exact) mass is 518 g/mol. The van der Waals surface area contributed by atoms with Gasteiger partial charge in [-0.2, -0.15) is 0 Å². The Hall–Kier alpha value is -2.58. The molecule has 0 bridgehead atoms. The molecule has 0 saturated carbocycles. The Kier molecular flexibility index (Phi) is 8.80. The van der Waals surface area contributed by atoms with E-state index in [0.29, 0.717) is 44.5 Å². The summed E-state index contributed by atoms with van der Waals surface area (Å²) < 4.78 is 50.1. The van der Waals surface area contributed by atoms with Crippen LogP contribution >= 0.6 is 0 Å². The first-order valence-corrected chi connectivity index (χ1v) is 13.3. The molecule has 0 spiro atoms. The minimum atomic E-state index is -1.14. The van der Waals surface area contributed by atoms with Crippen LogP contribution in [0.5, 0.6) is 5.75 Å². The van der Waals surface area contributed by atoms with Crippen molar-refractivity contribution in [1.29, 1.82) is 0 Å². The highest BCUT2D eigenvalue weighted by Crippen LogP contribution is 2.30. The lowest BCUT2D eigenvalue weighted by molar-refractivity contribution is 0.0565. The van der Waals surface area contributed by atoms with E-state index in [1.165, 1.54) is 29.2 Å². The molecule has 4 rings (SSSR count). The third-order valence-corrected chi connectivity index (χ3v) is 7.87. The number of aliphatic hydroxyl groups is 1. The predicted octanol–water partition coefficient (Wildman–Crippen LogP) is 5.46. The summed E-state index contributed by atoms with van der Waals surface area (Å²) in [5, 5.41) is 9.64. The second-order valence-corrected chi connectivity index (χ2v) is 10.4. The third kappa shape index (κ3) is 6.65. The summed E-state index contributed by atoms with van der Waals surface area (Å²) in [6.07, 6.45) is 2.73. The molecular weight excluding hydrogens is 481 g/mol. The lowest BCUT2D eigenvalue weighted by Crippen LogP contribution is -2.44. The number of halogens is 3. The van der Waals surface area contributed by atoms with Gasteiger partial charge in [0.1, 0.15) is 11.5 Å². The van der Waals surface area contributed by atoms with Crippen molar-refractivity contribution in [2.45, 2.75) is 57.7 Å². The second-order valence-electron chi connectivity index (χ2n) is 10.4. The number of benzene rings is 2. The number of β-amino-alcohol motifs (C(OH)–C–C–N with tert-alkyl or cyclic N) is 1. The van der Waals surface area contributed by atoms with Crippen molar-refractivity contribution in [3.8, 4) is 16.9 Å². The van der Waals surface area contributed by atoms with Crippen molar-refractivity contribution in [1.82, 2.24) is 9.80 Å². The molecule has 1 amide bonds. The fraction of sp³-hybridized carbons (Fsp3) is 0.552. The molecule has 202 valence electrons. The molecule has 2 saturated heterocycles. The molecule has 2 heterocycles. The van der Waals surface area contributed by atoms with Gasteiger partial charge in [0.05, 0.1) is 12.7 Å². The zero-order valence-corrected chi connectivity index (χ0v) is 21.7. The van der Waals surface area contributed by atoms with Gasteiger partial charge in [0.25, 0.3) is 5.91 Å². The largest absolute Gasteiger partial charge is 0.490 e. The van der Waals surface area contributed by atoms with Gasteiger partial charge in [0.2, 0.25) is 0 Å². The van der Waals surface area contributed by atoms with E-state index in [1.54, 1.807) is 6.07 Å². The number of carbonyl (C=O) groups is 1. The smallest absolute Gasteiger partial charge is 0.254 e. The number of rotatable bonds is 9. The Morgan fingerprint density at radius 3 is 2.35 bits per heavy atom. The Bertz CT molecular complexity index is 1080. The molecular formula is C29H37F3N2O3. The maximum atomic E-state index is 14.9. The molecule has 0 unspecified atom stereocenters. The van der Waals surface area contributed by atoms with Crippen molar-refractivity contribution < 1.29 is 27.8 Å². The highest BCUT2D eigenvalue weighted by atomic mass is 19.1. The first kappa shape index (κ1) is 27.5. The van der Waals surface area contributed by atoms with E-state index in [1.807, 2.05) is 13.8 Å². The summed E-state index contributed by atoms with van der Waals surface area (Å²) in [6, 6.07) is 8.50. The van der Waals surface area contributed by atoms with Crippen LogP contribution in [0.4, 0.5) is 13.2 Å². The molecule has 37 heavy (non-hydrogen) atoms. The van der Waals surface area contributed by atoms with Crippen LogP contribution in [-0.2, 0) is 0 Å². The summed E-state index contributed by atoms with van der Waals surface area (Å²) >= 11 is 0. The van der Waals surface area contributed by atoms with Crippen LogP contribution in [0.3, 0.4) is 0 Å². The number of aliphatic hydroxyl groups excluding tert-OH is 1. The standard InChI is InChI=1S/C29H37F3N2O3/c1-3-29(32,4-2)19-33-12-9-20(10-13-33)18-37-27-8-6-21(15-26(27)31)24-7-5-22(16-25(24)30)28(36)34-14-11-23(35)17-34/h5-8,15-16,20,23,35H,3-4,9-14,17-19H2,1-2H3/t23-/m0/s1. The van der Waals surface area contributed by atoms with Gasteiger partial charge < -0.3 is 19.6 Å². The molecule has 2 aromatic rings. The average Bonchev–Trinajstić information content (AvgIpc) is 3.34. The van der Waals surface area contributed by atoms with E-state index in [4.69, 9.17) is 4.74 Å². The number of amides is 1. The Balaban J connectivity index is 1.32. The van der Waals surface area contributed by atoms with Gasteiger partial charge in [-0.1, -0.05) is 26.0 Å². The van der Waals surface area contributed by atoms with Gasteiger partial charge in [-0.15, -0.1) is 0 Å². The molecule has 1 atom stereocenters. The van der Waals surface area contributed by atoms with Crippen molar-refractivity contribution in [3.05, 3.63) is 53.6 Å². The number of carbonyl (C=O) groups excluding carboxylic acids is 1. The van der Waals surface area contributed by atoms with Gasteiger partial charge >= 0.3 is 0 Å². The number of hydrogen-bond donors (Lipinski definition) is 1. The molecule has 2 aliphatic rings. The van der Waals surface area contributed by atoms with Crippen molar-refractivity contribution in [2.24, 2.45) is 5.92 Å². The number of alkyl halides is 1. The van der Waals surface area contributed by atoms with Gasteiger partial charge in [-0.25, -0.2) is 13.2 Å². The van der Waals surface area contributed by atoms with E-state index in [-0.39, 0.29) is 35.2 Å². The maximum absolute atomic E-state index is 14.9. The third-order valence-electron chi connectivity index (χ3n) is 7.87. The van der Waals surface area contributed by atoms with Gasteiger partial charge in [0.15, 0.2) is 11.6 Å². The van der Waals surface area contributed by atoms with Crippen LogP contribution in [0.1, 0.15) is 56.3 Å². The predicted molar refractivity (Wildman–Crippen MR) is 137 cm³/mol. The SMILES string of the molecule is CCC(F)(CC)CN1CCC(COc2ccc(-c3ccc(C(=O)N4CC[C@H](O)C4)cc3F)cc2F)CC1. The summed E-state index contributed by atoms with van der Waals surface area (Å²) in [5.41, 5.74) is -0.392. The Labute approximate surface area is 217 Å². The summed E-state index contributed by atoms with van der Waals surface area (Å²) in [6.45, 7) is 6.89. The first-order chi connectivity index (χ1) is 17.7. The number of piperidine rings is 1. The molecule has 8 heteroatoms. The maximum Gasteiger partial charge on any atom is 0.254 e. The second kappa shape index (κ2) is 11.9.